The van der Waals surface area contributed by atoms with E-state index in [4.69, 9.17) is 9.47 Å². The summed E-state index contributed by atoms with van der Waals surface area (Å²) in [5.74, 6) is -0.235. The smallest absolute Gasteiger partial charge is 0.337 e. The molecule has 5 heteroatoms. The summed E-state index contributed by atoms with van der Waals surface area (Å²) in [5.41, 5.74) is 1.73. The number of carbonyl (C=O) groups is 1. The molecule has 0 amide bonds. The van der Waals surface area contributed by atoms with Gasteiger partial charge in [0, 0.05) is 4.88 Å². The lowest BCUT2D eigenvalue weighted by molar-refractivity contribution is -0.140. The van der Waals surface area contributed by atoms with Crippen LogP contribution in [-0.2, 0) is 14.3 Å². The SMILES string of the molecule is O=C1OCC(Br)C2=C1C(c1cccs1)OC2. The van der Waals surface area contributed by atoms with Gasteiger partial charge in [0.2, 0.25) is 0 Å². The van der Waals surface area contributed by atoms with Crippen LogP contribution in [0.4, 0.5) is 0 Å². The number of alkyl halides is 1. The number of halogens is 1. The van der Waals surface area contributed by atoms with Crippen LogP contribution in [0.15, 0.2) is 28.7 Å². The molecule has 1 aromatic heterocycles. The first-order valence-electron chi connectivity index (χ1n) is 4.96. The van der Waals surface area contributed by atoms with Crippen molar-refractivity contribution < 1.29 is 14.3 Å². The van der Waals surface area contributed by atoms with Crippen LogP contribution in [0.1, 0.15) is 11.0 Å². The second kappa shape index (κ2) is 3.98. The first-order chi connectivity index (χ1) is 7.77. The Bertz CT molecular complexity index is 452. The zero-order valence-corrected chi connectivity index (χ0v) is 10.7. The molecule has 3 heterocycles. The second-order valence-corrected chi connectivity index (χ2v) is 5.80. The maximum absolute atomic E-state index is 11.8. The quantitative estimate of drug-likeness (QED) is 0.590. The van der Waals surface area contributed by atoms with Crippen molar-refractivity contribution in [3.63, 3.8) is 0 Å². The van der Waals surface area contributed by atoms with Crippen molar-refractivity contribution in [2.75, 3.05) is 13.2 Å². The number of cyclic esters (lactones) is 1. The average molecular weight is 301 g/mol. The van der Waals surface area contributed by atoms with Crippen molar-refractivity contribution in [3.05, 3.63) is 33.5 Å². The predicted molar refractivity (Wildman–Crippen MR) is 63.7 cm³/mol. The fraction of sp³-hybridized carbons (Fsp3) is 0.364. The maximum atomic E-state index is 11.8. The fourth-order valence-corrected chi connectivity index (χ4v) is 3.28. The van der Waals surface area contributed by atoms with E-state index >= 15 is 0 Å². The molecule has 2 unspecified atom stereocenters. The van der Waals surface area contributed by atoms with Gasteiger partial charge in [-0.3, -0.25) is 0 Å². The second-order valence-electron chi connectivity index (χ2n) is 3.71. The third-order valence-corrected chi connectivity index (χ3v) is 4.51. The first-order valence-corrected chi connectivity index (χ1v) is 6.76. The molecule has 2 atom stereocenters. The van der Waals surface area contributed by atoms with E-state index < -0.39 is 0 Å². The van der Waals surface area contributed by atoms with Gasteiger partial charge >= 0.3 is 5.97 Å². The third-order valence-electron chi connectivity index (χ3n) is 2.77. The van der Waals surface area contributed by atoms with Crippen LogP contribution in [0.2, 0.25) is 0 Å². The summed E-state index contributed by atoms with van der Waals surface area (Å²) in [4.78, 5) is 12.9. The standard InChI is InChI=1S/C11H9BrO3S/c12-7-5-15-11(13)9-6(7)4-14-10(9)8-2-1-3-16-8/h1-3,7,10H,4-5H2. The summed E-state index contributed by atoms with van der Waals surface area (Å²) in [7, 11) is 0. The molecule has 2 aliphatic rings. The summed E-state index contributed by atoms with van der Waals surface area (Å²) in [6, 6.07) is 3.94. The van der Waals surface area contributed by atoms with Crippen LogP contribution in [0.5, 0.6) is 0 Å². The molecule has 0 aromatic carbocycles. The largest absolute Gasteiger partial charge is 0.461 e. The Morgan fingerprint density at radius 3 is 3.12 bits per heavy atom. The fourth-order valence-electron chi connectivity index (χ4n) is 1.99. The number of hydrogen-bond donors (Lipinski definition) is 0. The Kier molecular flexibility index (Phi) is 2.61. The maximum Gasteiger partial charge on any atom is 0.337 e. The van der Waals surface area contributed by atoms with E-state index in [2.05, 4.69) is 15.9 Å². The van der Waals surface area contributed by atoms with Crippen LogP contribution in [-0.4, -0.2) is 24.0 Å². The monoisotopic (exact) mass is 300 g/mol. The first kappa shape index (κ1) is 10.5. The molecule has 0 N–H and O–H groups in total. The Labute approximate surface area is 105 Å². The van der Waals surface area contributed by atoms with Gasteiger partial charge in [0.1, 0.15) is 12.7 Å². The Morgan fingerprint density at radius 1 is 1.50 bits per heavy atom. The number of esters is 1. The molecule has 0 fully saturated rings. The lowest BCUT2D eigenvalue weighted by atomic mass is 10.0. The Balaban J connectivity index is 2.02. The molecule has 84 valence electrons. The van der Waals surface area contributed by atoms with E-state index in [-0.39, 0.29) is 16.9 Å². The van der Waals surface area contributed by atoms with E-state index in [0.29, 0.717) is 18.8 Å². The van der Waals surface area contributed by atoms with Gasteiger partial charge in [-0.1, -0.05) is 22.0 Å². The molecule has 0 bridgehead atoms. The summed E-state index contributed by atoms with van der Waals surface area (Å²) in [5, 5.41) is 1.98. The molecule has 0 radical (unpaired) electrons. The van der Waals surface area contributed by atoms with Gasteiger partial charge in [-0.2, -0.15) is 0 Å². The molecule has 0 aliphatic carbocycles. The number of thiophene rings is 1. The number of ether oxygens (including phenoxy) is 2. The molecule has 3 nitrogen and oxygen atoms in total. The van der Waals surface area contributed by atoms with E-state index in [1.807, 2.05) is 17.5 Å². The summed E-state index contributed by atoms with van der Waals surface area (Å²) in [6.07, 6.45) is -0.233. The molecule has 0 saturated carbocycles. The molecule has 0 saturated heterocycles. The van der Waals surface area contributed by atoms with Crippen LogP contribution >= 0.6 is 27.3 Å². The minimum Gasteiger partial charge on any atom is -0.461 e. The van der Waals surface area contributed by atoms with E-state index in [0.717, 1.165) is 10.5 Å². The van der Waals surface area contributed by atoms with Gasteiger partial charge in [0.25, 0.3) is 0 Å². The highest BCUT2D eigenvalue weighted by Gasteiger charge is 2.39. The molecule has 2 aliphatic heterocycles. The lowest BCUT2D eigenvalue weighted by Gasteiger charge is -2.20. The minimum absolute atomic E-state index is 0.102. The van der Waals surface area contributed by atoms with Gasteiger partial charge in [-0.15, -0.1) is 11.3 Å². The minimum atomic E-state index is -0.235. The highest BCUT2D eigenvalue weighted by molar-refractivity contribution is 9.09. The average Bonchev–Trinajstić information content (AvgIpc) is 2.90. The van der Waals surface area contributed by atoms with Crippen LogP contribution in [0.3, 0.4) is 0 Å². The third kappa shape index (κ3) is 1.54. The molecular weight excluding hydrogens is 292 g/mol. The van der Waals surface area contributed by atoms with E-state index in [1.54, 1.807) is 11.3 Å². The zero-order valence-electron chi connectivity index (χ0n) is 8.31. The van der Waals surface area contributed by atoms with Crippen molar-refractivity contribution in [1.82, 2.24) is 0 Å². The highest BCUT2D eigenvalue weighted by Crippen LogP contribution is 2.41. The molecule has 1 aromatic rings. The Morgan fingerprint density at radius 2 is 2.38 bits per heavy atom. The van der Waals surface area contributed by atoms with Crippen molar-refractivity contribution >= 4 is 33.2 Å². The van der Waals surface area contributed by atoms with Crippen LogP contribution in [0, 0.1) is 0 Å². The number of carbonyl (C=O) groups excluding carboxylic acids is 1. The van der Waals surface area contributed by atoms with Crippen molar-refractivity contribution in [2.24, 2.45) is 0 Å². The lowest BCUT2D eigenvalue weighted by Crippen LogP contribution is -2.26. The molecule has 0 spiro atoms. The normalized spacial score (nSPS) is 29.2. The van der Waals surface area contributed by atoms with Crippen molar-refractivity contribution in [3.8, 4) is 0 Å². The van der Waals surface area contributed by atoms with Gasteiger partial charge < -0.3 is 9.47 Å². The van der Waals surface area contributed by atoms with Crippen molar-refractivity contribution in [2.45, 2.75) is 10.9 Å². The van der Waals surface area contributed by atoms with Crippen LogP contribution < -0.4 is 0 Å². The van der Waals surface area contributed by atoms with E-state index in [1.165, 1.54) is 0 Å². The van der Waals surface area contributed by atoms with Gasteiger partial charge in [-0.25, -0.2) is 4.79 Å². The highest BCUT2D eigenvalue weighted by atomic mass is 79.9. The summed E-state index contributed by atoms with van der Waals surface area (Å²) in [6.45, 7) is 0.918. The van der Waals surface area contributed by atoms with Crippen molar-refractivity contribution in [1.29, 1.82) is 0 Å². The topological polar surface area (TPSA) is 35.5 Å². The summed E-state index contributed by atoms with van der Waals surface area (Å²) >= 11 is 5.10. The number of rotatable bonds is 1. The van der Waals surface area contributed by atoms with Gasteiger partial charge in [-0.05, 0) is 17.0 Å². The Hall–Kier alpha value is -0.650. The molecular formula is C11H9BrO3S. The van der Waals surface area contributed by atoms with E-state index in [9.17, 15) is 4.79 Å². The van der Waals surface area contributed by atoms with Gasteiger partial charge in [0.05, 0.1) is 17.0 Å². The zero-order chi connectivity index (χ0) is 11.1. The van der Waals surface area contributed by atoms with Gasteiger partial charge in [0.15, 0.2) is 0 Å². The predicted octanol–water partition coefficient (Wildman–Crippen LogP) is 2.44. The molecule has 16 heavy (non-hydrogen) atoms. The summed E-state index contributed by atoms with van der Waals surface area (Å²) < 4.78 is 10.8. The molecule has 3 rings (SSSR count). The number of hydrogen-bond acceptors (Lipinski definition) is 4. The van der Waals surface area contributed by atoms with Crippen LogP contribution in [0.25, 0.3) is 0 Å².